The fourth-order valence-electron chi connectivity index (χ4n) is 2.25. The molecule has 0 saturated carbocycles. The third-order valence-electron chi connectivity index (χ3n) is 3.65. The highest BCUT2D eigenvalue weighted by atomic mass is 16.5. The molecule has 21 heavy (non-hydrogen) atoms. The number of nitrogens with zero attached hydrogens (tertiary/aromatic N) is 2. The number of ether oxygens (including phenoxy) is 1. The average Bonchev–Trinajstić information content (AvgIpc) is 2.54. The third kappa shape index (κ3) is 3.73. The van der Waals surface area contributed by atoms with Crippen LogP contribution in [0.25, 0.3) is 0 Å². The molecule has 2 N–H and O–H groups in total. The zero-order chi connectivity index (χ0) is 15.2. The number of pyridine rings is 1. The predicted molar refractivity (Wildman–Crippen MR) is 87.3 cm³/mol. The van der Waals surface area contributed by atoms with E-state index >= 15 is 0 Å². The van der Waals surface area contributed by atoms with Crippen LogP contribution in [-0.4, -0.2) is 25.2 Å². The first-order chi connectivity index (χ1) is 10.2. The Morgan fingerprint density at radius 3 is 2.57 bits per heavy atom. The van der Waals surface area contributed by atoms with Gasteiger partial charge in [-0.1, -0.05) is 13.0 Å². The molecule has 1 aromatic carbocycles. The Hall–Kier alpha value is -2.07. The molecule has 0 bridgehead atoms. The number of hydrogen-bond acceptors (Lipinski definition) is 4. The van der Waals surface area contributed by atoms with Crippen LogP contribution in [0, 0.1) is 0 Å². The summed E-state index contributed by atoms with van der Waals surface area (Å²) in [6.45, 7) is 2.11. The maximum absolute atomic E-state index is 6.09. The summed E-state index contributed by atoms with van der Waals surface area (Å²) >= 11 is 0. The van der Waals surface area contributed by atoms with Gasteiger partial charge in [0.05, 0.1) is 7.11 Å². The lowest BCUT2D eigenvalue weighted by atomic mass is 10.1. The summed E-state index contributed by atoms with van der Waals surface area (Å²) in [7, 11) is 3.69. The van der Waals surface area contributed by atoms with Gasteiger partial charge in [-0.05, 0) is 48.7 Å². The number of anilines is 2. The van der Waals surface area contributed by atoms with Crippen LogP contribution in [0.5, 0.6) is 5.75 Å². The molecule has 4 nitrogen and oxygen atoms in total. The van der Waals surface area contributed by atoms with Crippen molar-refractivity contribution < 1.29 is 4.74 Å². The normalized spacial score (nSPS) is 12.0. The Morgan fingerprint density at radius 2 is 1.95 bits per heavy atom. The molecule has 1 heterocycles. The van der Waals surface area contributed by atoms with E-state index in [0.29, 0.717) is 0 Å². The monoisotopic (exact) mass is 285 g/mol. The zero-order valence-electron chi connectivity index (χ0n) is 12.9. The maximum atomic E-state index is 6.09. The molecule has 0 saturated heterocycles. The summed E-state index contributed by atoms with van der Waals surface area (Å²) in [5, 5.41) is 0. The molecule has 1 aromatic heterocycles. The van der Waals surface area contributed by atoms with E-state index in [1.165, 1.54) is 5.56 Å². The van der Waals surface area contributed by atoms with E-state index in [0.717, 1.165) is 30.1 Å². The van der Waals surface area contributed by atoms with Gasteiger partial charge in [0, 0.05) is 25.0 Å². The van der Waals surface area contributed by atoms with Crippen molar-refractivity contribution >= 4 is 11.5 Å². The lowest BCUT2D eigenvalue weighted by Crippen LogP contribution is -2.23. The van der Waals surface area contributed by atoms with Crippen molar-refractivity contribution in [2.75, 3.05) is 19.1 Å². The second kappa shape index (κ2) is 7.09. The highest BCUT2D eigenvalue weighted by Gasteiger charge is 2.12. The lowest BCUT2D eigenvalue weighted by molar-refractivity contribution is 0.415. The minimum atomic E-state index is 0.164. The first kappa shape index (κ1) is 15.3. The molecular weight excluding hydrogens is 262 g/mol. The van der Waals surface area contributed by atoms with Crippen LogP contribution >= 0.6 is 0 Å². The number of benzene rings is 1. The molecule has 0 radical (unpaired) electrons. The summed E-state index contributed by atoms with van der Waals surface area (Å²) in [6.07, 6.45) is 3.61. The summed E-state index contributed by atoms with van der Waals surface area (Å²) in [5.74, 6) is 1.80. The molecule has 0 spiro atoms. The SMILES string of the molecule is CCC(N)Cc1cccnc1N(C)c1ccc(OC)cc1. The van der Waals surface area contributed by atoms with Crippen LogP contribution in [0.2, 0.25) is 0 Å². The molecular formula is C17H23N3O. The summed E-state index contributed by atoms with van der Waals surface area (Å²) in [4.78, 5) is 6.60. The number of aromatic nitrogens is 1. The van der Waals surface area contributed by atoms with Crippen molar-refractivity contribution in [1.29, 1.82) is 0 Å². The van der Waals surface area contributed by atoms with Crippen LogP contribution in [0.1, 0.15) is 18.9 Å². The van der Waals surface area contributed by atoms with Crippen LogP contribution < -0.4 is 15.4 Å². The topological polar surface area (TPSA) is 51.4 Å². The van der Waals surface area contributed by atoms with Crippen LogP contribution in [0.15, 0.2) is 42.6 Å². The van der Waals surface area contributed by atoms with Crippen molar-refractivity contribution in [2.24, 2.45) is 5.73 Å². The van der Waals surface area contributed by atoms with E-state index in [9.17, 15) is 0 Å². The van der Waals surface area contributed by atoms with Gasteiger partial charge < -0.3 is 15.4 Å². The molecule has 0 fully saturated rings. The number of hydrogen-bond donors (Lipinski definition) is 1. The summed E-state index contributed by atoms with van der Waals surface area (Å²) < 4.78 is 5.19. The number of methoxy groups -OCH3 is 1. The Bertz CT molecular complexity index is 569. The van der Waals surface area contributed by atoms with Crippen LogP contribution in [0.4, 0.5) is 11.5 Å². The lowest BCUT2D eigenvalue weighted by Gasteiger charge is -2.22. The van der Waals surface area contributed by atoms with E-state index in [2.05, 4.69) is 22.9 Å². The van der Waals surface area contributed by atoms with Crippen molar-refractivity contribution in [1.82, 2.24) is 4.98 Å². The Morgan fingerprint density at radius 1 is 1.24 bits per heavy atom. The highest BCUT2D eigenvalue weighted by Crippen LogP contribution is 2.27. The fraction of sp³-hybridized carbons (Fsp3) is 0.353. The molecule has 1 unspecified atom stereocenters. The molecule has 2 rings (SSSR count). The first-order valence-corrected chi connectivity index (χ1v) is 7.23. The van der Waals surface area contributed by atoms with Gasteiger partial charge in [0.2, 0.25) is 0 Å². The van der Waals surface area contributed by atoms with E-state index in [1.807, 2.05) is 43.6 Å². The van der Waals surface area contributed by atoms with Gasteiger partial charge in [0.25, 0.3) is 0 Å². The molecule has 0 aliphatic rings. The minimum absolute atomic E-state index is 0.164. The molecule has 1 atom stereocenters. The van der Waals surface area contributed by atoms with E-state index in [4.69, 9.17) is 10.5 Å². The fourth-order valence-corrected chi connectivity index (χ4v) is 2.25. The second-order valence-electron chi connectivity index (χ2n) is 5.12. The van der Waals surface area contributed by atoms with Crippen LogP contribution in [0.3, 0.4) is 0 Å². The summed E-state index contributed by atoms with van der Waals surface area (Å²) in [5.41, 5.74) is 8.33. The Kier molecular flexibility index (Phi) is 5.17. The first-order valence-electron chi connectivity index (χ1n) is 7.23. The zero-order valence-corrected chi connectivity index (χ0v) is 12.9. The van der Waals surface area contributed by atoms with Gasteiger partial charge in [0.1, 0.15) is 11.6 Å². The molecule has 0 amide bonds. The molecule has 0 aliphatic carbocycles. The Balaban J connectivity index is 2.27. The standard InChI is InChI=1S/C17H23N3O/c1-4-14(18)12-13-6-5-11-19-17(13)20(2)15-7-9-16(21-3)10-8-15/h5-11,14H,4,12,18H2,1-3H3. The Labute approximate surface area is 126 Å². The van der Waals surface area contributed by atoms with Crippen molar-refractivity contribution in [3.63, 3.8) is 0 Å². The van der Waals surface area contributed by atoms with Gasteiger partial charge in [-0.2, -0.15) is 0 Å². The molecule has 0 aliphatic heterocycles. The molecule has 112 valence electrons. The van der Waals surface area contributed by atoms with E-state index in [1.54, 1.807) is 7.11 Å². The average molecular weight is 285 g/mol. The largest absolute Gasteiger partial charge is 0.497 e. The van der Waals surface area contributed by atoms with Gasteiger partial charge in [-0.15, -0.1) is 0 Å². The maximum Gasteiger partial charge on any atom is 0.135 e. The van der Waals surface area contributed by atoms with E-state index < -0.39 is 0 Å². The van der Waals surface area contributed by atoms with Crippen molar-refractivity contribution in [2.45, 2.75) is 25.8 Å². The molecule has 4 heteroatoms. The van der Waals surface area contributed by atoms with Gasteiger partial charge in [-0.3, -0.25) is 0 Å². The predicted octanol–water partition coefficient (Wildman–Crippen LogP) is 3.14. The molecule has 2 aromatic rings. The number of rotatable bonds is 6. The van der Waals surface area contributed by atoms with Gasteiger partial charge in [0.15, 0.2) is 0 Å². The van der Waals surface area contributed by atoms with E-state index in [-0.39, 0.29) is 6.04 Å². The van der Waals surface area contributed by atoms with Crippen molar-refractivity contribution in [3.8, 4) is 5.75 Å². The minimum Gasteiger partial charge on any atom is -0.497 e. The summed E-state index contributed by atoms with van der Waals surface area (Å²) in [6, 6.07) is 12.2. The highest BCUT2D eigenvalue weighted by molar-refractivity contribution is 5.62. The van der Waals surface area contributed by atoms with Crippen molar-refractivity contribution in [3.05, 3.63) is 48.2 Å². The van der Waals surface area contributed by atoms with Gasteiger partial charge in [-0.25, -0.2) is 4.98 Å². The smallest absolute Gasteiger partial charge is 0.135 e. The quantitative estimate of drug-likeness (QED) is 0.886. The van der Waals surface area contributed by atoms with Gasteiger partial charge >= 0.3 is 0 Å². The van der Waals surface area contributed by atoms with Crippen LogP contribution in [-0.2, 0) is 6.42 Å². The second-order valence-corrected chi connectivity index (χ2v) is 5.12. The number of nitrogens with two attached hydrogens (primary N) is 1. The third-order valence-corrected chi connectivity index (χ3v) is 3.65.